The van der Waals surface area contributed by atoms with Gasteiger partial charge in [0.25, 0.3) is 5.91 Å². The van der Waals surface area contributed by atoms with Crippen molar-refractivity contribution in [2.45, 2.75) is 6.18 Å². The maximum atomic E-state index is 12.4. The molecular weight excluding hydrogens is 521 g/mol. The van der Waals surface area contributed by atoms with E-state index in [1.165, 1.54) is 46.7 Å². The molecule has 1 fully saturated rings. The molecule has 2 N–H and O–H groups in total. The first-order chi connectivity index (χ1) is 17.0. The van der Waals surface area contributed by atoms with Crippen molar-refractivity contribution in [1.82, 2.24) is 29.6 Å². The number of aromatic nitrogens is 4. The van der Waals surface area contributed by atoms with Gasteiger partial charge in [0.2, 0.25) is 10.0 Å². The number of hydrogen-bond donors (Lipinski definition) is 2. The number of amides is 1. The van der Waals surface area contributed by atoms with Crippen molar-refractivity contribution in [3.63, 3.8) is 0 Å². The molecule has 11 nitrogen and oxygen atoms in total. The predicted octanol–water partition coefficient (Wildman–Crippen LogP) is 2.11. The van der Waals surface area contributed by atoms with Gasteiger partial charge < -0.3 is 15.5 Å². The lowest BCUT2D eigenvalue weighted by Gasteiger charge is -2.33. The maximum Gasteiger partial charge on any atom is 0.405 e. The average molecular weight is 543 g/mol. The van der Waals surface area contributed by atoms with Crippen LogP contribution < -0.4 is 15.5 Å². The van der Waals surface area contributed by atoms with Gasteiger partial charge in [-0.1, -0.05) is 11.3 Å². The summed E-state index contributed by atoms with van der Waals surface area (Å²) >= 11 is 1.24. The molecule has 1 amide bonds. The Kier molecular flexibility index (Phi) is 7.37. The van der Waals surface area contributed by atoms with Gasteiger partial charge in [-0.05, 0) is 6.07 Å². The Balaban J connectivity index is 1.42. The van der Waals surface area contributed by atoms with Gasteiger partial charge >= 0.3 is 6.18 Å². The standard InChI is InChI=1S/C20H21F3N8O3S2/c1-36(33,34)31-4-2-30(3-5-31)17-7-16(27-12-28-17)29-19-25-10-15(35-19)13-6-14(9-24-8-13)18(32)26-11-20(21,22)23/h6-10,12H,2-5,11H2,1H3,(H,26,32)(H,25,27,28,29). The number of sulfonamides is 1. The van der Waals surface area contributed by atoms with Gasteiger partial charge in [-0.15, -0.1) is 0 Å². The second kappa shape index (κ2) is 10.3. The van der Waals surface area contributed by atoms with E-state index in [1.807, 2.05) is 10.2 Å². The third-order valence-corrected chi connectivity index (χ3v) is 7.42. The SMILES string of the molecule is CS(=O)(=O)N1CCN(c2cc(Nc3ncc(-c4cncc(C(=O)NCC(F)(F)F)c4)s3)ncn2)CC1. The van der Waals surface area contributed by atoms with E-state index < -0.39 is 28.7 Å². The van der Waals surface area contributed by atoms with E-state index in [4.69, 9.17) is 0 Å². The van der Waals surface area contributed by atoms with Crippen LogP contribution in [-0.2, 0) is 10.0 Å². The number of halogens is 3. The van der Waals surface area contributed by atoms with Crippen molar-refractivity contribution in [2.24, 2.45) is 0 Å². The smallest absolute Gasteiger partial charge is 0.354 e. The fourth-order valence-electron chi connectivity index (χ4n) is 3.39. The molecule has 192 valence electrons. The second-order valence-electron chi connectivity index (χ2n) is 7.83. The zero-order valence-corrected chi connectivity index (χ0v) is 20.5. The molecule has 1 aliphatic heterocycles. The van der Waals surface area contributed by atoms with Crippen LogP contribution >= 0.6 is 11.3 Å². The molecule has 16 heteroatoms. The minimum Gasteiger partial charge on any atom is -0.354 e. The number of nitrogens with one attached hydrogen (secondary N) is 2. The Bertz CT molecular complexity index is 1340. The highest BCUT2D eigenvalue weighted by molar-refractivity contribution is 7.88. The quantitative estimate of drug-likeness (QED) is 0.461. The first-order valence-electron chi connectivity index (χ1n) is 10.5. The van der Waals surface area contributed by atoms with Gasteiger partial charge in [0.15, 0.2) is 5.13 Å². The number of rotatable bonds is 7. The summed E-state index contributed by atoms with van der Waals surface area (Å²) in [4.78, 5) is 31.3. The third-order valence-electron chi connectivity index (χ3n) is 5.16. The minimum atomic E-state index is -4.51. The van der Waals surface area contributed by atoms with Gasteiger partial charge in [0.1, 0.15) is 24.5 Å². The Morgan fingerprint density at radius 2 is 1.83 bits per heavy atom. The van der Waals surface area contributed by atoms with Crippen LogP contribution in [0.3, 0.4) is 0 Å². The number of nitrogens with zero attached hydrogens (tertiary/aromatic N) is 6. The van der Waals surface area contributed by atoms with Crippen molar-refractivity contribution in [3.05, 3.63) is 42.6 Å². The summed E-state index contributed by atoms with van der Waals surface area (Å²) in [6.45, 7) is 0.278. The van der Waals surface area contributed by atoms with E-state index in [2.05, 4.69) is 25.3 Å². The van der Waals surface area contributed by atoms with Gasteiger partial charge in [0, 0.05) is 56.4 Å². The molecule has 0 radical (unpaired) electrons. The molecule has 4 heterocycles. The van der Waals surface area contributed by atoms with Gasteiger partial charge in [-0.25, -0.2) is 23.4 Å². The highest BCUT2D eigenvalue weighted by Gasteiger charge is 2.28. The summed E-state index contributed by atoms with van der Waals surface area (Å²) < 4.78 is 61.9. The molecule has 0 bridgehead atoms. The normalized spacial score (nSPS) is 15.1. The highest BCUT2D eigenvalue weighted by atomic mass is 32.2. The summed E-state index contributed by atoms with van der Waals surface area (Å²) in [7, 11) is -3.23. The van der Waals surface area contributed by atoms with E-state index >= 15 is 0 Å². The number of hydrogen-bond acceptors (Lipinski definition) is 10. The van der Waals surface area contributed by atoms with Crippen LogP contribution in [0.5, 0.6) is 0 Å². The fourth-order valence-corrected chi connectivity index (χ4v) is 5.02. The summed E-state index contributed by atoms with van der Waals surface area (Å²) in [5.74, 6) is 0.236. The van der Waals surface area contributed by atoms with Crippen LogP contribution in [-0.4, -0.2) is 83.7 Å². The predicted molar refractivity (Wildman–Crippen MR) is 128 cm³/mol. The first kappa shape index (κ1) is 25.7. The van der Waals surface area contributed by atoms with Crippen LogP contribution in [0.2, 0.25) is 0 Å². The molecule has 0 aliphatic carbocycles. The van der Waals surface area contributed by atoms with Crippen LogP contribution in [0.25, 0.3) is 10.4 Å². The molecule has 0 spiro atoms. The summed E-state index contributed by atoms with van der Waals surface area (Å²) in [6, 6.07) is 3.17. The van der Waals surface area contributed by atoms with Gasteiger partial charge in [0.05, 0.1) is 16.7 Å². The third kappa shape index (κ3) is 6.64. The van der Waals surface area contributed by atoms with E-state index in [9.17, 15) is 26.4 Å². The highest BCUT2D eigenvalue weighted by Crippen LogP contribution is 2.31. The van der Waals surface area contributed by atoms with E-state index in [1.54, 1.807) is 12.3 Å². The second-order valence-corrected chi connectivity index (χ2v) is 10.8. The van der Waals surface area contributed by atoms with Crippen LogP contribution in [0, 0.1) is 0 Å². The van der Waals surface area contributed by atoms with Crippen molar-refractivity contribution >= 4 is 44.0 Å². The van der Waals surface area contributed by atoms with Crippen LogP contribution in [0.15, 0.2) is 37.1 Å². The zero-order chi connectivity index (χ0) is 25.9. The summed E-state index contributed by atoms with van der Waals surface area (Å²) in [5.41, 5.74) is 0.517. The minimum absolute atomic E-state index is 0.00364. The van der Waals surface area contributed by atoms with E-state index in [0.29, 0.717) is 53.4 Å². The number of alkyl halides is 3. The monoisotopic (exact) mass is 542 g/mol. The fraction of sp³-hybridized carbons (Fsp3) is 0.350. The zero-order valence-electron chi connectivity index (χ0n) is 18.9. The van der Waals surface area contributed by atoms with Crippen molar-refractivity contribution in [2.75, 3.05) is 49.2 Å². The van der Waals surface area contributed by atoms with Crippen LogP contribution in [0.4, 0.5) is 29.9 Å². The molecule has 0 aromatic carbocycles. The lowest BCUT2D eigenvalue weighted by atomic mass is 10.2. The Hall–Kier alpha value is -3.37. The summed E-state index contributed by atoms with van der Waals surface area (Å²) in [5, 5.41) is 5.39. The molecule has 0 unspecified atom stereocenters. The van der Waals surface area contributed by atoms with Gasteiger partial charge in [-0.2, -0.15) is 17.5 Å². The Morgan fingerprint density at radius 3 is 2.53 bits per heavy atom. The number of carbonyl (C=O) groups is 1. The number of pyridine rings is 1. The van der Waals surface area contributed by atoms with Gasteiger partial charge in [-0.3, -0.25) is 9.78 Å². The number of anilines is 3. The maximum absolute atomic E-state index is 12.4. The molecule has 0 saturated carbocycles. The lowest BCUT2D eigenvalue weighted by Crippen LogP contribution is -2.48. The number of carbonyl (C=O) groups excluding carboxylic acids is 1. The molecule has 0 atom stereocenters. The van der Waals surface area contributed by atoms with E-state index in [-0.39, 0.29) is 5.56 Å². The van der Waals surface area contributed by atoms with Crippen molar-refractivity contribution < 1.29 is 26.4 Å². The van der Waals surface area contributed by atoms with Crippen LogP contribution in [0.1, 0.15) is 10.4 Å². The van der Waals surface area contributed by atoms with Crippen molar-refractivity contribution in [1.29, 1.82) is 0 Å². The van der Waals surface area contributed by atoms with Crippen molar-refractivity contribution in [3.8, 4) is 10.4 Å². The molecule has 3 aromatic rings. The topological polar surface area (TPSA) is 133 Å². The average Bonchev–Trinajstić information content (AvgIpc) is 3.30. The molecule has 4 rings (SSSR count). The number of thiazole rings is 1. The number of piperazine rings is 1. The molecule has 1 saturated heterocycles. The molecule has 36 heavy (non-hydrogen) atoms. The largest absolute Gasteiger partial charge is 0.405 e. The molecule has 1 aliphatic rings. The lowest BCUT2D eigenvalue weighted by molar-refractivity contribution is -0.123. The molecule has 3 aromatic heterocycles. The first-order valence-corrected chi connectivity index (χ1v) is 13.2. The Labute approximate surface area is 208 Å². The molecular formula is C20H21F3N8O3S2. The van der Waals surface area contributed by atoms with E-state index in [0.717, 1.165) is 0 Å². The summed E-state index contributed by atoms with van der Waals surface area (Å²) in [6.07, 6.45) is 2.29. The Morgan fingerprint density at radius 1 is 1.08 bits per heavy atom.